The van der Waals surface area contributed by atoms with Gasteiger partial charge in [0.05, 0.1) is 6.54 Å². The van der Waals surface area contributed by atoms with Gasteiger partial charge in [-0.2, -0.15) is 0 Å². The number of amides is 2. The highest BCUT2D eigenvalue weighted by Gasteiger charge is 2.48. The van der Waals surface area contributed by atoms with E-state index in [1.54, 1.807) is 0 Å². The van der Waals surface area contributed by atoms with Gasteiger partial charge in [0.15, 0.2) is 0 Å². The number of carbonyl (C=O) groups is 2. The molecule has 1 aromatic carbocycles. The summed E-state index contributed by atoms with van der Waals surface area (Å²) in [5, 5.41) is 3.32. The maximum absolute atomic E-state index is 13.7. The fraction of sp³-hybridized carbons (Fsp3) is 0.556. The maximum atomic E-state index is 13.7. The largest absolute Gasteiger partial charge is 0.351 e. The molecule has 0 saturated heterocycles. The molecule has 172 valence electrons. The van der Waals surface area contributed by atoms with E-state index in [1.807, 2.05) is 46.7 Å². The lowest BCUT2D eigenvalue weighted by Crippen LogP contribution is -2.65. The summed E-state index contributed by atoms with van der Waals surface area (Å²) in [5.74, 6) is 1.12. The van der Waals surface area contributed by atoms with E-state index >= 15 is 0 Å². The molecule has 1 aliphatic heterocycles. The van der Waals surface area contributed by atoms with Gasteiger partial charge >= 0.3 is 0 Å². The SMILES string of the molecule is CC(C)CCN1C(=O)c2ccc(-c3ccccc3)n2C[C@]1(C)C(=O)NC1CCC(C)CC1. The molecule has 0 unspecified atom stereocenters. The topological polar surface area (TPSA) is 54.3 Å². The highest BCUT2D eigenvalue weighted by Crippen LogP contribution is 2.34. The highest BCUT2D eigenvalue weighted by atomic mass is 16.2. The molecule has 1 aromatic heterocycles. The molecule has 0 radical (unpaired) electrons. The summed E-state index contributed by atoms with van der Waals surface area (Å²) in [5.41, 5.74) is 1.81. The minimum Gasteiger partial charge on any atom is -0.351 e. The van der Waals surface area contributed by atoms with Crippen LogP contribution in [0, 0.1) is 11.8 Å². The van der Waals surface area contributed by atoms with Crippen LogP contribution in [-0.4, -0.2) is 39.4 Å². The fourth-order valence-electron chi connectivity index (χ4n) is 5.12. The van der Waals surface area contributed by atoms with Crippen LogP contribution in [0.5, 0.6) is 0 Å². The van der Waals surface area contributed by atoms with Crippen LogP contribution in [-0.2, 0) is 11.3 Å². The Morgan fingerprint density at radius 2 is 1.72 bits per heavy atom. The third-order valence-corrected chi connectivity index (χ3v) is 7.35. The fourth-order valence-corrected chi connectivity index (χ4v) is 5.12. The summed E-state index contributed by atoms with van der Waals surface area (Å²) in [7, 11) is 0. The number of carbonyl (C=O) groups excluding carboxylic acids is 2. The average Bonchev–Trinajstić information content (AvgIpc) is 3.19. The van der Waals surface area contributed by atoms with E-state index in [4.69, 9.17) is 0 Å². The second kappa shape index (κ2) is 9.13. The van der Waals surface area contributed by atoms with Crippen molar-refractivity contribution in [3.05, 3.63) is 48.2 Å². The molecule has 4 rings (SSSR count). The Hall–Kier alpha value is -2.56. The molecule has 0 spiro atoms. The molecule has 2 aromatic rings. The normalized spacial score (nSPS) is 25.7. The molecule has 2 heterocycles. The standard InChI is InChI=1S/C27H37N3O2/c1-19(2)16-17-30-25(31)24-15-14-23(21-8-6-5-7-9-21)29(24)18-27(30,4)26(32)28-22-12-10-20(3)11-13-22/h5-9,14-15,19-20,22H,10-13,16-18H2,1-4H3,(H,28,32)/t20?,22?,27-/m1/s1. The Balaban J connectivity index is 1.66. The summed E-state index contributed by atoms with van der Waals surface area (Å²) < 4.78 is 2.05. The Bertz CT molecular complexity index is 957. The highest BCUT2D eigenvalue weighted by molar-refractivity contribution is 6.00. The second-order valence-corrected chi connectivity index (χ2v) is 10.4. The molecule has 2 amide bonds. The Labute approximate surface area is 192 Å². The van der Waals surface area contributed by atoms with E-state index in [1.165, 1.54) is 0 Å². The van der Waals surface area contributed by atoms with Gasteiger partial charge < -0.3 is 14.8 Å². The molecule has 1 fully saturated rings. The number of rotatable bonds is 6. The Kier molecular flexibility index (Phi) is 6.45. The molecule has 1 saturated carbocycles. The van der Waals surface area contributed by atoms with Crippen LogP contribution in [0.4, 0.5) is 0 Å². The Morgan fingerprint density at radius 1 is 1.06 bits per heavy atom. The zero-order valence-electron chi connectivity index (χ0n) is 19.9. The molecular weight excluding hydrogens is 398 g/mol. The molecular formula is C27H37N3O2. The van der Waals surface area contributed by atoms with E-state index in [2.05, 4.69) is 38.2 Å². The zero-order chi connectivity index (χ0) is 22.9. The third kappa shape index (κ3) is 4.35. The van der Waals surface area contributed by atoms with Crippen LogP contribution in [0.15, 0.2) is 42.5 Å². The third-order valence-electron chi connectivity index (χ3n) is 7.35. The van der Waals surface area contributed by atoms with Gasteiger partial charge in [0, 0.05) is 18.3 Å². The van der Waals surface area contributed by atoms with Gasteiger partial charge in [0.1, 0.15) is 11.2 Å². The summed E-state index contributed by atoms with van der Waals surface area (Å²) in [6.07, 6.45) is 5.22. The molecule has 32 heavy (non-hydrogen) atoms. The van der Waals surface area contributed by atoms with Crippen molar-refractivity contribution in [2.45, 2.75) is 77.9 Å². The lowest BCUT2D eigenvalue weighted by molar-refractivity contribution is -0.134. The Morgan fingerprint density at radius 3 is 2.38 bits per heavy atom. The van der Waals surface area contributed by atoms with Crippen LogP contribution < -0.4 is 5.32 Å². The maximum Gasteiger partial charge on any atom is 0.271 e. The number of benzene rings is 1. The van der Waals surface area contributed by atoms with Crippen LogP contribution in [0.3, 0.4) is 0 Å². The van der Waals surface area contributed by atoms with Crippen LogP contribution in [0.2, 0.25) is 0 Å². The van der Waals surface area contributed by atoms with Gasteiger partial charge in [-0.15, -0.1) is 0 Å². The summed E-state index contributed by atoms with van der Waals surface area (Å²) in [4.78, 5) is 29.2. The van der Waals surface area contributed by atoms with E-state index in [0.29, 0.717) is 24.7 Å². The first-order valence-electron chi connectivity index (χ1n) is 12.2. The number of hydrogen-bond acceptors (Lipinski definition) is 2. The minimum atomic E-state index is -0.912. The molecule has 5 nitrogen and oxygen atoms in total. The number of hydrogen-bond donors (Lipinski definition) is 1. The summed E-state index contributed by atoms with van der Waals surface area (Å²) in [6.45, 7) is 9.61. The lowest BCUT2D eigenvalue weighted by atomic mass is 9.86. The van der Waals surface area contributed by atoms with Crippen molar-refractivity contribution in [3.63, 3.8) is 0 Å². The minimum absolute atomic E-state index is 0.0208. The molecule has 2 aliphatic rings. The molecule has 1 atom stereocenters. The van der Waals surface area contributed by atoms with Gasteiger partial charge in [-0.05, 0) is 68.6 Å². The van der Waals surface area contributed by atoms with Crippen molar-refractivity contribution < 1.29 is 9.59 Å². The number of nitrogens with zero attached hydrogens (tertiary/aromatic N) is 2. The van der Waals surface area contributed by atoms with Crippen molar-refractivity contribution in [1.29, 1.82) is 0 Å². The lowest BCUT2D eigenvalue weighted by Gasteiger charge is -2.45. The molecule has 5 heteroatoms. The number of fused-ring (bicyclic) bond motifs is 1. The first kappa shape index (κ1) is 22.6. The predicted molar refractivity (Wildman–Crippen MR) is 128 cm³/mol. The monoisotopic (exact) mass is 435 g/mol. The van der Waals surface area contributed by atoms with Gasteiger partial charge in [-0.3, -0.25) is 9.59 Å². The van der Waals surface area contributed by atoms with Crippen molar-refractivity contribution in [2.75, 3.05) is 6.54 Å². The second-order valence-electron chi connectivity index (χ2n) is 10.4. The number of aromatic nitrogens is 1. The van der Waals surface area contributed by atoms with Crippen LogP contribution in [0.25, 0.3) is 11.3 Å². The quantitative estimate of drug-likeness (QED) is 0.685. The van der Waals surface area contributed by atoms with Gasteiger partial charge in [0.25, 0.3) is 5.91 Å². The van der Waals surface area contributed by atoms with E-state index in [0.717, 1.165) is 49.3 Å². The summed E-state index contributed by atoms with van der Waals surface area (Å²) >= 11 is 0. The average molecular weight is 436 g/mol. The molecule has 1 aliphatic carbocycles. The predicted octanol–water partition coefficient (Wildman–Crippen LogP) is 5.11. The first-order chi connectivity index (χ1) is 15.3. The van der Waals surface area contributed by atoms with Gasteiger partial charge in [-0.25, -0.2) is 0 Å². The van der Waals surface area contributed by atoms with Crippen molar-refractivity contribution in [2.24, 2.45) is 11.8 Å². The van der Waals surface area contributed by atoms with Gasteiger partial charge in [-0.1, -0.05) is 51.1 Å². The van der Waals surface area contributed by atoms with Crippen LogP contribution >= 0.6 is 0 Å². The van der Waals surface area contributed by atoms with E-state index in [9.17, 15) is 9.59 Å². The zero-order valence-corrected chi connectivity index (χ0v) is 19.9. The van der Waals surface area contributed by atoms with Crippen LogP contribution in [0.1, 0.15) is 70.3 Å². The number of nitrogens with one attached hydrogen (secondary N) is 1. The first-order valence-corrected chi connectivity index (χ1v) is 12.2. The summed E-state index contributed by atoms with van der Waals surface area (Å²) in [6, 6.07) is 14.2. The van der Waals surface area contributed by atoms with E-state index in [-0.39, 0.29) is 17.9 Å². The van der Waals surface area contributed by atoms with Crippen molar-refractivity contribution in [3.8, 4) is 11.3 Å². The van der Waals surface area contributed by atoms with Crippen molar-refractivity contribution >= 4 is 11.8 Å². The van der Waals surface area contributed by atoms with E-state index < -0.39 is 5.54 Å². The van der Waals surface area contributed by atoms with Crippen molar-refractivity contribution in [1.82, 2.24) is 14.8 Å². The smallest absolute Gasteiger partial charge is 0.271 e. The van der Waals surface area contributed by atoms with Gasteiger partial charge in [0.2, 0.25) is 5.91 Å². The molecule has 1 N–H and O–H groups in total. The molecule has 0 bridgehead atoms.